The van der Waals surface area contributed by atoms with Crippen molar-refractivity contribution in [2.75, 3.05) is 0 Å². The molecule has 0 aromatic heterocycles. The van der Waals surface area contributed by atoms with Crippen LogP contribution >= 0.6 is 0 Å². The van der Waals surface area contributed by atoms with Crippen molar-refractivity contribution in [3.8, 4) is 0 Å². The van der Waals surface area contributed by atoms with Crippen LogP contribution in [0.25, 0.3) is 0 Å². The fourth-order valence-electron chi connectivity index (χ4n) is 3.88. The van der Waals surface area contributed by atoms with E-state index in [1.165, 1.54) is 12.8 Å². The SMILES string of the molecule is C[C@H]1[C@H](C)CCC[C@@H]1NC(=O)N[C@@H]1c2ccccc2C[C@H]1O. The molecule has 0 spiro atoms. The summed E-state index contributed by atoms with van der Waals surface area (Å²) in [6.45, 7) is 4.47. The van der Waals surface area contributed by atoms with E-state index in [-0.39, 0.29) is 18.1 Å². The molecule has 0 aliphatic heterocycles. The van der Waals surface area contributed by atoms with Gasteiger partial charge >= 0.3 is 6.03 Å². The molecule has 0 saturated heterocycles. The molecule has 3 N–H and O–H groups in total. The molecule has 0 heterocycles. The van der Waals surface area contributed by atoms with E-state index < -0.39 is 6.10 Å². The lowest BCUT2D eigenvalue weighted by Gasteiger charge is -2.35. The maximum Gasteiger partial charge on any atom is 0.315 e. The van der Waals surface area contributed by atoms with Gasteiger partial charge < -0.3 is 15.7 Å². The molecule has 2 aliphatic rings. The maximum absolute atomic E-state index is 12.3. The number of carbonyl (C=O) groups excluding carboxylic acids is 1. The molecule has 3 rings (SSSR count). The van der Waals surface area contributed by atoms with Gasteiger partial charge in [0.25, 0.3) is 0 Å². The number of hydrogen-bond donors (Lipinski definition) is 3. The zero-order chi connectivity index (χ0) is 15.7. The predicted molar refractivity (Wildman–Crippen MR) is 86.5 cm³/mol. The first kappa shape index (κ1) is 15.3. The summed E-state index contributed by atoms with van der Waals surface area (Å²) in [7, 11) is 0. The van der Waals surface area contributed by atoms with Gasteiger partial charge in [-0.05, 0) is 29.4 Å². The Morgan fingerprint density at radius 1 is 1.18 bits per heavy atom. The highest BCUT2D eigenvalue weighted by Gasteiger charge is 2.33. The molecule has 1 fully saturated rings. The van der Waals surface area contributed by atoms with E-state index in [9.17, 15) is 9.90 Å². The van der Waals surface area contributed by atoms with Crippen LogP contribution in [-0.2, 0) is 6.42 Å². The Balaban J connectivity index is 1.62. The second kappa shape index (κ2) is 6.29. The van der Waals surface area contributed by atoms with Gasteiger partial charge in [-0.25, -0.2) is 4.79 Å². The first-order valence-electron chi connectivity index (χ1n) is 8.39. The van der Waals surface area contributed by atoms with Gasteiger partial charge in [-0.2, -0.15) is 0 Å². The highest BCUT2D eigenvalue weighted by atomic mass is 16.3. The van der Waals surface area contributed by atoms with Crippen LogP contribution in [0.4, 0.5) is 4.79 Å². The minimum absolute atomic E-state index is 0.160. The molecule has 1 aromatic rings. The van der Waals surface area contributed by atoms with Gasteiger partial charge in [0, 0.05) is 12.5 Å². The lowest BCUT2D eigenvalue weighted by molar-refractivity contribution is 0.139. The zero-order valence-electron chi connectivity index (χ0n) is 13.4. The van der Waals surface area contributed by atoms with E-state index in [0.717, 1.165) is 17.5 Å². The van der Waals surface area contributed by atoms with E-state index in [2.05, 4.69) is 24.5 Å². The summed E-state index contributed by atoms with van der Waals surface area (Å²) < 4.78 is 0. The van der Waals surface area contributed by atoms with E-state index in [1.54, 1.807) is 0 Å². The number of benzene rings is 1. The van der Waals surface area contributed by atoms with Gasteiger partial charge in [-0.15, -0.1) is 0 Å². The van der Waals surface area contributed by atoms with Crippen molar-refractivity contribution >= 4 is 6.03 Å². The predicted octanol–water partition coefficient (Wildman–Crippen LogP) is 2.77. The van der Waals surface area contributed by atoms with Crippen LogP contribution in [0.3, 0.4) is 0 Å². The van der Waals surface area contributed by atoms with Crippen molar-refractivity contribution < 1.29 is 9.90 Å². The van der Waals surface area contributed by atoms with Gasteiger partial charge in [0.15, 0.2) is 0 Å². The van der Waals surface area contributed by atoms with Crippen LogP contribution in [0.5, 0.6) is 0 Å². The molecule has 4 heteroatoms. The van der Waals surface area contributed by atoms with Crippen molar-refractivity contribution in [2.45, 2.75) is 57.7 Å². The molecule has 0 unspecified atom stereocenters. The molecular formula is C18H26N2O2. The normalized spacial score (nSPS) is 34.0. The topological polar surface area (TPSA) is 61.4 Å². The van der Waals surface area contributed by atoms with Crippen molar-refractivity contribution in [3.63, 3.8) is 0 Å². The minimum Gasteiger partial charge on any atom is -0.390 e. The third-order valence-electron chi connectivity index (χ3n) is 5.51. The van der Waals surface area contributed by atoms with E-state index in [1.807, 2.05) is 24.3 Å². The lowest BCUT2D eigenvalue weighted by Crippen LogP contribution is -2.49. The van der Waals surface area contributed by atoms with Gasteiger partial charge in [-0.1, -0.05) is 51.0 Å². The molecule has 2 aliphatic carbocycles. The molecule has 1 aromatic carbocycles. The van der Waals surface area contributed by atoms with Crippen LogP contribution in [0.2, 0.25) is 0 Å². The number of hydrogen-bond acceptors (Lipinski definition) is 2. The highest BCUT2D eigenvalue weighted by Crippen LogP contribution is 2.32. The van der Waals surface area contributed by atoms with E-state index in [4.69, 9.17) is 0 Å². The van der Waals surface area contributed by atoms with E-state index >= 15 is 0 Å². The number of rotatable bonds is 2. The summed E-state index contributed by atoms with van der Waals surface area (Å²) in [5, 5.41) is 16.3. The monoisotopic (exact) mass is 302 g/mol. The van der Waals surface area contributed by atoms with Crippen molar-refractivity contribution in [2.24, 2.45) is 11.8 Å². The van der Waals surface area contributed by atoms with Gasteiger partial charge in [0.1, 0.15) is 0 Å². The number of urea groups is 1. The van der Waals surface area contributed by atoms with Crippen LogP contribution in [-0.4, -0.2) is 23.3 Å². The molecule has 2 amide bonds. The maximum atomic E-state index is 12.3. The molecule has 4 nitrogen and oxygen atoms in total. The lowest BCUT2D eigenvalue weighted by atomic mass is 9.78. The first-order valence-corrected chi connectivity index (χ1v) is 8.39. The average Bonchev–Trinajstić information content (AvgIpc) is 2.80. The minimum atomic E-state index is -0.536. The summed E-state index contributed by atoms with van der Waals surface area (Å²) in [5.74, 6) is 1.15. The highest BCUT2D eigenvalue weighted by molar-refractivity contribution is 5.75. The Labute approximate surface area is 132 Å². The van der Waals surface area contributed by atoms with Crippen LogP contribution in [0, 0.1) is 11.8 Å². The fourth-order valence-corrected chi connectivity index (χ4v) is 3.88. The molecular weight excluding hydrogens is 276 g/mol. The number of nitrogens with one attached hydrogen (secondary N) is 2. The Bertz CT molecular complexity index is 546. The Hall–Kier alpha value is -1.55. The fraction of sp³-hybridized carbons (Fsp3) is 0.611. The Kier molecular flexibility index (Phi) is 4.39. The third-order valence-corrected chi connectivity index (χ3v) is 5.51. The first-order chi connectivity index (χ1) is 10.6. The molecule has 0 bridgehead atoms. The number of aliphatic hydroxyl groups is 1. The van der Waals surface area contributed by atoms with Crippen LogP contribution < -0.4 is 10.6 Å². The summed E-state index contributed by atoms with van der Waals surface area (Å²) >= 11 is 0. The van der Waals surface area contributed by atoms with Crippen molar-refractivity contribution in [1.29, 1.82) is 0 Å². The second-order valence-electron chi connectivity index (χ2n) is 6.94. The number of carbonyl (C=O) groups is 1. The summed E-state index contributed by atoms with van der Waals surface area (Å²) in [4.78, 5) is 12.3. The van der Waals surface area contributed by atoms with Gasteiger partial charge in [0.05, 0.1) is 12.1 Å². The third kappa shape index (κ3) is 2.98. The smallest absolute Gasteiger partial charge is 0.315 e. The average molecular weight is 302 g/mol. The van der Waals surface area contributed by atoms with Crippen LogP contribution in [0.1, 0.15) is 50.3 Å². The number of fused-ring (bicyclic) bond motifs is 1. The zero-order valence-corrected chi connectivity index (χ0v) is 13.4. The largest absolute Gasteiger partial charge is 0.390 e. The van der Waals surface area contributed by atoms with Crippen molar-refractivity contribution in [3.05, 3.63) is 35.4 Å². The Morgan fingerprint density at radius 3 is 2.77 bits per heavy atom. The van der Waals surface area contributed by atoms with E-state index in [0.29, 0.717) is 18.3 Å². The van der Waals surface area contributed by atoms with Crippen LogP contribution in [0.15, 0.2) is 24.3 Å². The summed E-state index contributed by atoms with van der Waals surface area (Å²) in [5.41, 5.74) is 2.16. The molecule has 0 radical (unpaired) electrons. The van der Waals surface area contributed by atoms with Gasteiger partial charge in [-0.3, -0.25) is 0 Å². The standard InChI is InChI=1S/C18H26N2O2/c1-11-6-5-9-15(12(11)2)19-18(22)20-17-14-8-4-3-7-13(14)10-16(17)21/h3-4,7-8,11-12,15-17,21H,5-6,9-10H2,1-2H3,(H2,19,20,22)/t11-,12+,15+,16-,17-/m1/s1. The number of aliphatic hydroxyl groups excluding tert-OH is 1. The quantitative estimate of drug-likeness (QED) is 0.786. The summed E-state index contributed by atoms with van der Waals surface area (Å²) in [6, 6.07) is 7.70. The Morgan fingerprint density at radius 2 is 1.95 bits per heavy atom. The van der Waals surface area contributed by atoms with Gasteiger partial charge in [0.2, 0.25) is 0 Å². The molecule has 5 atom stereocenters. The second-order valence-corrected chi connectivity index (χ2v) is 6.94. The number of amides is 2. The summed E-state index contributed by atoms with van der Waals surface area (Å²) in [6.07, 6.45) is 3.53. The molecule has 120 valence electrons. The van der Waals surface area contributed by atoms with Crippen molar-refractivity contribution in [1.82, 2.24) is 10.6 Å². The molecule has 1 saturated carbocycles. The molecule has 22 heavy (non-hydrogen) atoms.